The first-order valence-electron chi connectivity index (χ1n) is 9.56. The molecule has 0 aromatic heterocycles. The predicted molar refractivity (Wildman–Crippen MR) is 100 cm³/mol. The zero-order valence-corrected chi connectivity index (χ0v) is 16.3. The first-order valence-corrected chi connectivity index (χ1v) is 9.56. The monoisotopic (exact) mass is 392 g/mol. The van der Waals surface area contributed by atoms with Crippen molar-refractivity contribution in [1.82, 2.24) is 10.2 Å². The van der Waals surface area contributed by atoms with Gasteiger partial charge in [0.05, 0.1) is 6.61 Å². The maximum atomic E-state index is 12.5. The fourth-order valence-electron chi connectivity index (χ4n) is 3.74. The van der Waals surface area contributed by atoms with Crippen LogP contribution in [0.2, 0.25) is 0 Å². The van der Waals surface area contributed by atoms with Crippen molar-refractivity contribution in [2.45, 2.75) is 69.9 Å². The average molecular weight is 392 g/mol. The Labute approximate surface area is 164 Å². The Hall–Kier alpha value is -2.00. The number of hydrogen-bond donors (Lipinski definition) is 3. The summed E-state index contributed by atoms with van der Waals surface area (Å²) in [5, 5.41) is 22.8. The third kappa shape index (κ3) is 4.35. The van der Waals surface area contributed by atoms with Gasteiger partial charge in [-0.05, 0) is 25.8 Å². The summed E-state index contributed by atoms with van der Waals surface area (Å²) in [6, 6.07) is 9.30. The molecule has 1 aromatic rings. The number of hydrogen-bond acceptors (Lipinski definition) is 6. The van der Waals surface area contributed by atoms with E-state index in [0.717, 1.165) is 5.56 Å². The van der Waals surface area contributed by atoms with E-state index in [-0.39, 0.29) is 17.9 Å². The Morgan fingerprint density at radius 3 is 2.57 bits per heavy atom. The quantitative estimate of drug-likeness (QED) is 0.556. The number of nitrogens with zero attached hydrogens (tertiary/aromatic N) is 1. The number of benzene rings is 1. The molecule has 0 aliphatic carbocycles. The van der Waals surface area contributed by atoms with Crippen LogP contribution >= 0.6 is 0 Å². The molecule has 0 spiro atoms. The second-order valence-corrected chi connectivity index (χ2v) is 7.50. The first kappa shape index (κ1) is 20.7. The minimum Gasteiger partial charge on any atom is -0.394 e. The minimum absolute atomic E-state index is 0.0897. The van der Waals surface area contributed by atoms with Gasteiger partial charge in [-0.25, -0.2) is 0 Å². The molecule has 7 atom stereocenters. The van der Waals surface area contributed by atoms with E-state index in [9.17, 15) is 19.8 Å². The molecule has 2 amide bonds. The molecule has 8 heteroatoms. The van der Waals surface area contributed by atoms with Gasteiger partial charge in [0.1, 0.15) is 30.5 Å². The van der Waals surface area contributed by atoms with Crippen LogP contribution in [-0.2, 0) is 25.5 Å². The third-order valence-electron chi connectivity index (χ3n) is 5.21. The second kappa shape index (κ2) is 8.57. The molecule has 7 unspecified atom stereocenters. The number of aliphatic hydroxyl groups excluding tert-OH is 2. The highest BCUT2D eigenvalue weighted by Crippen LogP contribution is 2.41. The minimum atomic E-state index is -1.13. The van der Waals surface area contributed by atoms with Crippen LogP contribution in [0.3, 0.4) is 0 Å². The number of rotatable bonds is 7. The van der Waals surface area contributed by atoms with Gasteiger partial charge in [0.15, 0.2) is 6.23 Å². The molecule has 2 aliphatic heterocycles. The number of carbonyl (C=O) groups excluding carboxylic acids is 2. The molecule has 2 saturated heterocycles. The summed E-state index contributed by atoms with van der Waals surface area (Å²) in [6.45, 7) is 4.53. The van der Waals surface area contributed by atoms with Gasteiger partial charge in [-0.2, -0.15) is 0 Å². The van der Waals surface area contributed by atoms with E-state index < -0.39 is 43.3 Å². The van der Waals surface area contributed by atoms with Gasteiger partial charge in [0, 0.05) is 13.0 Å². The van der Waals surface area contributed by atoms with Crippen molar-refractivity contribution in [2.75, 3.05) is 6.61 Å². The number of fused-ring (bicyclic) bond motifs is 1. The van der Waals surface area contributed by atoms with E-state index in [1.807, 2.05) is 37.3 Å². The van der Waals surface area contributed by atoms with Crippen LogP contribution in [0.5, 0.6) is 0 Å². The van der Waals surface area contributed by atoms with Crippen molar-refractivity contribution in [3.63, 3.8) is 0 Å². The lowest BCUT2D eigenvalue weighted by Gasteiger charge is -2.33. The fraction of sp³-hybridized carbons (Fsp3) is 0.600. The van der Waals surface area contributed by atoms with Crippen LogP contribution in [0.15, 0.2) is 30.3 Å². The molecule has 2 fully saturated rings. The lowest BCUT2D eigenvalue weighted by molar-refractivity contribution is -0.175. The molecule has 1 aromatic carbocycles. The van der Waals surface area contributed by atoms with Crippen molar-refractivity contribution in [3.05, 3.63) is 35.9 Å². The second-order valence-electron chi connectivity index (χ2n) is 7.50. The highest BCUT2D eigenvalue weighted by molar-refractivity contribution is 5.80. The van der Waals surface area contributed by atoms with Gasteiger partial charge in [-0.3, -0.25) is 9.59 Å². The standard InChI is InChI=1S/C20H28N2O6/c1-11(9-14-7-5-4-6-8-14)21-19(26)12(2)27-18-16-20(22(16)13(3)24)28-15(10-23)17(18)25/h4-8,11-12,15-18,20,23,25H,9-10H2,1-3H3,(H,21,26). The number of carbonyl (C=O) groups is 2. The van der Waals surface area contributed by atoms with Crippen LogP contribution < -0.4 is 5.32 Å². The van der Waals surface area contributed by atoms with Crippen molar-refractivity contribution < 1.29 is 29.3 Å². The smallest absolute Gasteiger partial charge is 0.249 e. The number of amides is 2. The van der Waals surface area contributed by atoms with Gasteiger partial charge < -0.3 is 29.9 Å². The lowest BCUT2D eigenvalue weighted by Crippen LogP contribution is -2.53. The van der Waals surface area contributed by atoms with E-state index in [1.54, 1.807) is 6.92 Å². The van der Waals surface area contributed by atoms with Crippen molar-refractivity contribution in [2.24, 2.45) is 0 Å². The van der Waals surface area contributed by atoms with Crippen molar-refractivity contribution in [3.8, 4) is 0 Å². The molecule has 154 valence electrons. The Morgan fingerprint density at radius 2 is 1.96 bits per heavy atom. The Bertz CT molecular complexity index is 699. The maximum Gasteiger partial charge on any atom is 0.249 e. The Morgan fingerprint density at radius 1 is 1.29 bits per heavy atom. The van der Waals surface area contributed by atoms with Crippen LogP contribution in [0, 0.1) is 0 Å². The molecule has 0 radical (unpaired) electrons. The molecule has 28 heavy (non-hydrogen) atoms. The predicted octanol–water partition coefficient (Wildman–Crippen LogP) is -0.184. The summed E-state index contributed by atoms with van der Waals surface area (Å²) in [5.41, 5.74) is 1.12. The summed E-state index contributed by atoms with van der Waals surface area (Å²) in [4.78, 5) is 25.7. The molecular formula is C20H28N2O6. The number of ether oxygens (including phenoxy) is 2. The van der Waals surface area contributed by atoms with Gasteiger partial charge in [-0.15, -0.1) is 0 Å². The zero-order valence-electron chi connectivity index (χ0n) is 16.3. The van der Waals surface area contributed by atoms with E-state index in [2.05, 4.69) is 5.32 Å². The Balaban J connectivity index is 1.58. The Kier molecular flexibility index (Phi) is 6.34. The lowest BCUT2D eigenvalue weighted by atomic mass is 10.0. The zero-order chi connectivity index (χ0) is 20.4. The van der Waals surface area contributed by atoms with Crippen LogP contribution in [0.1, 0.15) is 26.3 Å². The van der Waals surface area contributed by atoms with E-state index >= 15 is 0 Å². The third-order valence-corrected chi connectivity index (χ3v) is 5.21. The number of aliphatic hydroxyl groups is 2. The average Bonchev–Trinajstić information content (AvgIpc) is 3.38. The molecule has 2 aliphatic rings. The van der Waals surface area contributed by atoms with Crippen LogP contribution in [0.25, 0.3) is 0 Å². The summed E-state index contributed by atoms with van der Waals surface area (Å²) >= 11 is 0. The van der Waals surface area contributed by atoms with Gasteiger partial charge in [0.2, 0.25) is 11.8 Å². The van der Waals surface area contributed by atoms with Gasteiger partial charge >= 0.3 is 0 Å². The normalized spacial score (nSPS) is 30.9. The molecule has 8 nitrogen and oxygen atoms in total. The topological polar surface area (TPSA) is 108 Å². The highest BCUT2D eigenvalue weighted by atomic mass is 16.6. The molecular weight excluding hydrogens is 364 g/mol. The van der Waals surface area contributed by atoms with Crippen LogP contribution in [-0.4, -0.2) is 76.3 Å². The van der Waals surface area contributed by atoms with E-state index in [0.29, 0.717) is 6.42 Å². The molecule has 0 bridgehead atoms. The molecule has 3 N–H and O–H groups in total. The van der Waals surface area contributed by atoms with Crippen LogP contribution in [0.4, 0.5) is 0 Å². The van der Waals surface area contributed by atoms with Gasteiger partial charge in [-0.1, -0.05) is 30.3 Å². The largest absolute Gasteiger partial charge is 0.394 e. The summed E-state index contributed by atoms with van der Waals surface area (Å²) in [7, 11) is 0. The van der Waals surface area contributed by atoms with E-state index in [1.165, 1.54) is 11.8 Å². The first-order chi connectivity index (χ1) is 13.3. The SMILES string of the molecule is CC(=O)N1C2OC(CO)C(O)C(OC(C)C(=O)NC(C)Cc3ccccc3)C21. The molecule has 0 saturated carbocycles. The summed E-state index contributed by atoms with van der Waals surface area (Å²) < 4.78 is 11.4. The molecule has 3 rings (SSSR count). The number of nitrogens with one attached hydrogen (secondary N) is 1. The van der Waals surface area contributed by atoms with Crippen molar-refractivity contribution in [1.29, 1.82) is 0 Å². The summed E-state index contributed by atoms with van der Waals surface area (Å²) in [6.07, 6.45) is -3.46. The maximum absolute atomic E-state index is 12.5. The molecule has 2 heterocycles. The summed E-state index contributed by atoms with van der Waals surface area (Å²) in [5.74, 6) is -0.503. The fourth-order valence-corrected chi connectivity index (χ4v) is 3.74. The highest BCUT2D eigenvalue weighted by Gasteiger charge is 2.63. The van der Waals surface area contributed by atoms with Crippen molar-refractivity contribution >= 4 is 11.8 Å². The van der Waals surface area contributed by atoms with E-state index in [4.69, 9.17) is 9.47 Å². The van der Waals surface area contributed by atoms with Gasteiger partial charge in [0.25, 0.3) is 0 Å².